The fourth-order valence-electron chi connectivity index (χ4n) is 1.13. The summed E-state index contributed by atoms with van der Waals surface area (Å²) >= 11 is 6.76. The third-order valence-electron chi connectivity index (χ3n) is 1.77. The Morgan fingerprint density at radius 2 is 2.14 bits per heavy atom. The van der Waals surface area contributed by atoms with Crippen LogP contribution in [0.15, 0.2) is 33.6 Å². The fraction of sp³-hybridized carbons (Fsp3) is 0.111. The molecule has 5 heteroatoms. The Labute approximate surface area is 98.4 Å². The third-order valence-corrected chi connectivity index (χ3v) is 2.82. The number of aryl methyl sites for hydroxylation is 1. The highest BCUT2D eigenvalue weighted by atomic mass is 79.9. The van der Waals surface area contributed by atoms with E-state index in [0.717, 1.165) is 20.5 Å². The van der Waals surface area contributed by atoms with Crippen molar-refractivity contribution in [3.05, 3.63) is 39.3 Å². The van der Waals surface area contributed by atoms with E-state index >= 15 is 0 Å². The quantitative estimate of drug-likeness (QED) is 0.757. The molecule has 0 fully saturated rings. The molecule has 0 saturated carbocycles. The molecule has 2 heterocycles. The third kappa shape index (κ3) is 1.88. The topological polar surface area (TPSA) is 30.7 Å². The Balaban J connectivity index is 2.55. The van der Waals surface area contributed by atoms with Crippen molar-refractivity contribution in [1.82, 2.24) is 14.8 Å². The second-order valence-electron chi connectivity index (χ2n) is 2.86. The molecule has 2 rings (SSSR count). The van der Waals surface area contributed by atoms with Crippen LogP contribution in [-0.4, -0.2) is 14.8 Å². The van der Waals surface area contributed by atoms with Crippen LogP contribution >= 0.6 is 31.9 Å². The van der Waals surface area contributed by atoms with E-state index in [1.165, 1.54) is 0 Å². The predicted molar refractivity (Wildman–Crippen MR) is 61.5 cm³/mol. The summed E-state index contributed by atoms with van der Waals surface area (Å²) in [5.74, 6) is 0. The molecular weight excluding hydrogens is 310 g/mol. The van der Waals surface area contributed by atoms with Gasteiger partial charge in [-0.05, 0) is 50.9 Å². The van der Waals surface area contributed by atoms with Gasteiger partial charge in [-0.25, -0.2) is 9.67 Å². The van der Waals surface area contributed by atoms with Gasteiger partial charge < -0.3 is 0 Å². The van der Waals surface area contributed by atoms with Crippen LogP contribution in [0.3, 0.4) is 0 Å². The standard InChI is InChI=1S/C9H7Br2N3/c1-6-2-3-14(13-6)8-4-9(11)12-5-7(8)10/h2-5H,1H3. The van der Waals surface area contributed by atoms with Crippen molar-refractivity contribution in [2.45, 2.75) is 6.92 Å². The summed E-state index contributed by atoms with van der Waals surface area (Å²) in [6.45, 7) is 1.96. The van der Waals surface area contributed by atoms with Crippen LogP contribution in [0.1, 0.15) is 5.69 Å². The first-order valence-corrected chi connectivity index (χ1v) is 5.59. The van der Waals surface area contributed by atoms with Crippen molar-refractivity contribution >= 4 is 31.9 Å². The molecule has 0 saturated heterocycles. The van der Waals surface area contributed by atoms with Crippen LogP contribution in [0.5, 0.6) is 0 Å². The van der Waals surface area contributed by atoms with Gasteiger partial charge in [-0.3, -0.25) is 0 Å². The largest absolute Gasteiger partial charge is 0.248 e. The van der Waals surface area contributed by atoms with Crippen LogP contribution in [-0.2, 0) is 0 Å². The molecule has 2 aromatic rings. The van der Waals surface area contributed by atoms with E-state index in [9.17, 15) is 0 Å². The van der Waals surface area contributed by atoms with E-state index in [2.05, 4.69) is 41.9 Å². The van der Waals surface area contributed by atoms with Gasteiger partial charge in [0.25, 0.3) is 0 Å². The number of rotatable bonds is 1. The lowest BCUT2D eigenvalue weighted by Gasteiger charge is -2.03. The number of aromatic nitrogens is 3. The number of halogens is 2. The summed E-state index contributed by atoms with van der Waals surface area (Å²) in [6, 6.07) is 3.87. The number of pyridine rings is 1. The summed E-state index contributed by atoms with van der Waals surface area (Å²) in [6.07, 6.45) is 3.66. The Bertz CT molecular complexity index is 465. The van der Waals surface area contributed by atoms with Gasteiger partial charge in [-0.2, -0.15) is 5.10 Å². The first kappa shape index (κ1) is 9.86. The smallest absolute Gasteiger partial charge is 0.108 e. The minimum Gasteiger partial charge on any atom is -0.248 e. The molecule has 0 spiro atoms. The molecule has 0 aromatic carbocycles. The maximum absolute atomic E-state index is 4.32. The van der Waals surface area contributed by atoms with Gasteiger partial charge in [0.15, 0.2) is 0 Å². The van der Waals surface area contributed by atoms with E-state index in [0.29, 0.717) is 0 Å². The van der Waals surface area contributed by atoms with Gasteiger partial charge in [-0.1, -0.05) is 0 Å². The molecular formula is C9H7Br2N3. The van der Waals surface area contributed by atoms with E-state index in [1.807, 2.05) is 29.9 Å². The van der Waals surface area contributed by atoms with Crippen molar-refractivity contribution in [3.63, 3.8) is 0 Å². The zero-order valence-electron chi connectivity index (χ0n) is 7.41. The number of hydrogen-bond donors (Lipinski definition) is 0. The average molecular weight is 317 g/mol. The van der Waals surface area contributed by atoms with E-state index in [1.54, 1.807) is 6.20 Å². The van der Waals surface area contributed by atoms with E-state index < -0.39 is 0 Å². The molecule has 0 N–H and O–H groups in total. The normalized spacial score (nSPS) is 10.5. The van der Waals surface area contributed by atoms with Crippen LogP contribution in [0, 0.1) is 6.92 Å². The van der Waals surface area contributed by atoms with Crippen LogP contribution in [0.4, 0.5) is 0 Å². The molecule has 3 nitrogen and oxygen atoms in total. The predicted octanol–water partition coefficient (Wildman–Crippen LogP) is 3.10. The maximum Gasteiger partial charge on any atom is 0.108 e. The first-order valence-electron chi connectivity index (χ1n) is 4.00. The Kier molecular flexibility index (Phi) is 2.69. The molecule has 0 aliphatic rings. The number of hydrogen-bond acceptors (Lipinski definition) is 2. The number of nitrogens with zero attached hydrogens (tertiary/aromatic N) is 3. The summed E-state index contributed by atoms with van der Waals surface area (Å²) in [7, 11) is 0. The lowest BCUT2D eigenvalue weighted by atomic mass is 10.4. The molecule has 72 valence electrons. The molecule has 0 unspecified atom stereocenters. The molecule has 0 aliphatic carbocycles. The summed E-state index contributed by atoms with van der Waals surface area (Å²) < 4.78 is 3.53. The van der Waals surface area contributed by atoms with Crippen LogP contribution in [0.25, 0.3) is 5.69 Å². The highest BCUT2D eigenvalue weighted by Gasteiger charge is 2.04. The molecule has 0 bridgehead atoms. The van der Waals surface area contributed by atoms with Gasteiger partial charge in [-0.15, -0.1) is 0 Å². The van der Waals surface area contributed by atoms with Gasteiger partial charge in [0, 0.05) is 12.4 Å². The molecule has 0 radical (unpaired) electrons. The second-order valence-corrected chi connectivity index (χ2v) is 4.53. The van der Waals surface area contributed by atoms with Crippen molar-refractivity contribution in [1.29, 1.82) is 0 Å². The second kappa shape index (κ2) is 3.82. The van der Waals surface area contributed by atoms with Crippen LogP contribution in [0.2, 0.25) is 0 Å². The van der Waals surface area contributed by atoms with Gasteiger partial charge in [0.1, 0.15) is 4.60 Å². The van der Waals surface area contributed by atoms with Crippen molar-refractivity contribution < 1.29 is 0 Å². The Hall–Kier alpha value is -0.680. The zero-order chi connectivity index (χ0) is 10.1. The minimum atomic E-state index is 0.795. The molecule has 0 aliphatic heterocycles. The highest BCUT2D eigenvalue weighted by molar-refractivity contribution is 9.11. The van der Waals surface area contributed by atoms with Crippen molar-refractivity contribution in [3.8, 4) is 5.69 Å². The van der Waals surface area contributed by atoms with E-state index in [-0.39, 0.29) is 0 Å². The molecule has 2 aromatic heterocycles. The van der Waals surface area contributed by atoms with Gasteiger partial charge in [0.2, 0.25) is 0 Å². The lowest BCUT2D eigenvalue weighted by molar-refractivity contribution is 0.854. The SMILES string of the molecule is Cc1ccn(-c2cc(Br)ncc2Br)n1. The Morgan fingerprint density at radius 3 is 2.79 bits per heavy atom. The summed E-state index contributed by atoms with van der Waals surface area (Å²) in [5.41, 5.74) is 1.96. The Morgan fingerprint density at radius 1 is 1.36 bits per heavy atom. The van der Waals surface area contributed by atoms with Gasteiger partial charge >= 0.3 is 0 Å². The molecule has 0 amide bonds. The fourth-order valence-corrected chi connectivity index (χ4v) is 1.85. The zero-order valence-corrected chi connectivity index (χ0v) is 10.6. The summed E-state index contributed by atoms with van der Waals surface area (Å²) in [5, 5.41) is 4.32. The highest BCUT2D eigenvalue weighted by Crippen LogP contribution is 2.22. The van der Waals surface area contributed by atoms with Crippen molar-refractivity contribution in [2.75, 3.05) is 0 Å². The average Bonchev–Trinajstić information content (AvgIpc) is 2.56. The lowest BCUT2D eigenvalue weighted by Crippen LogP contribution is -1.97. The van der Waals surface area contributed by atoms with Gasteiger partial charge in [0.05, 0.1) is 15.9 Å². The monoisotopic (exact) mass is 315 g/mol. The van der Waals surface area contributed by atoms with E-state index in [4.69, 9.17) is 0 Å². The first-order chi connectivity index (χ1) is 6.66. The molecule has 14 heavy (non-hydrogen) atoms. The van der Waals surface area contributed by atoms with Crippen molar-refractivity contribution in [2.24, 2.45) is 0 Å². The minimum absolute atomic E-state index is 0.795. The maximum atomic E-state index is 4.32. The van der Waals surface area contributed by atoms with Crippen LogP contribution < -0.4 is 0 Å². The summed E-state index contributed by atoms with van der Waals surface area (Å²) in [4.78, 5) is 4.10. The molecule has 0 atom stereocenters.